The van der Waals surface area contributed by atoms with Crippen molar-refractivity contribution in [1.82, 2.24) is 9.55 Å². The number of imidazole rings is 1. The standard InChI is InChI=1S/C23H25F3N4O/c1-29-20-15-18(10-11-19(20)28-22(29)30-13-3-2-4-14-30)27-21(31)12-7-16-5-8-17(9-6-16)23(24,25)26/h5-6,8-11,15H,2-4,7,12-14H2,1H3,(H,27,31). The van der Waals surface area contributed by atoms with E-state index >= 15 is 0 Å². The lowest BCUT2D eigenvalue weighted by Gasteiger charge is -2.27. The molecule has 5 nitrogen and oxygen atoms in total. The molecule has 1 amide bonds. The molecule has 1 fully saturated rings. The van der Waals surface area contributed by atoms with Crippen LogP contribution in [0.1, 0.15) is 36.8 Å². The van der Waals surface area contributed by atoms with Crippen LogP contribution in [0, 0.1) is 0 Å². The first-order valence-electron chi connectivity index (χ1n) is 10.5. The monoisotopic (exact) mass is 430 g/mol. The van der Waals surface area contributed by atoms with Gasteiger partial charge in [-0.05, 0) is 61.6 Å². The second-order valence-corrected chi connectivity index (χ2v) is 7.96. The number of alkyl halides is 3. The number of aromatic nitrogens is 2. The van der Waals surface area contributed by atoms with Crippen LogP contribution in [0.5, 0.6) is 0 Å². The Hall–Kier alpha value is -3.03. The number of rotatable bonds is 5. The number of nitrogens with one attached hydrogen (secondary N) is 1. The molecule has 2 heterocycles. The molecule has 8 heteroatoms. The SMILES string of the molecule is Cn1c(N2CCCCC2)nc2ccc(NC(=O)CCc3ccc(C(F)(F)F)cc3)cc21. The van der Waals surface area contributed by atoms with E-state index in [-0.39, 0.29) is 12.3 Å². The van der Waals surface area contributed by atoms with E-state index in [9.17, 15) is 18.0 Å². The molecule has 2 aromatic carbocycles. The van der Waals surface area contributed by atoms with Crippen LogP contribution in [0.15, 0.2) is 42.5 Å². The van der Waals surface area contributed by atoms with Crippen molar-refractivity contribution < 1.29 is 18.0 Å². The third-order valence-electron chi connectivity index (χ3n) is 5.70. The smallest absolute Gasteiger partial charge is 0.342 e. The highest BCUT2D eigenvalue weighted by atomic mass is 19.4. The van der Waals surface area contributed by atoms with Crippen LogP contribution in [-0.2, 0) is 24.4 Å². The summed E-state index contributed by atoms with van der Waals surface area (Å²) in [7, 11) is 1.98. The molecule has 3 aromatic rings. The summed E-state index contributed by atoms with van der Waals surface area (Å²) < 4.78 is 40.0. The molecule has 1 aromatic heterocycles. The van der Waals surface area contributed by atoms with Crippen LogP contribution in [0.3, 0.4) is 0 Å². The highest BCUT2D eigenvalue weighted by Gasteiger charge is 2.29. The Kier molecular flexibility index (Phi) is 5.89. The lowest BCUT2D eigenvalue weighted by molar-refractivity contribution is -0.137. The van der Waals surface area contributed by atoms with E-state index in [4.69, 9.17) is 4.98 Å². The summed E-state index contributed by atoms with van der Waals surface area (Å²) in [5, 5.41) is 2.88. The van der Waals surface area contributed by atoms with Gasteiger partial charge < -0.3 is 14.8 Å². The Bertz CT molecular complexity index is 1070. The zero-order valence-electron chi connectivity index (χ0n) is 17.4. The molecule has 4 rings (SSSR count). The second kappa shape index (κ2) is 8.61. The number of piperidine rings is 1. The molecule has 31 heavy (non-hydrogen) atoms. The molecule has 1 aliphatic heterocycles. The number of aryl methyl sites for hydroxylation is 2. The van der Waals surface area contributed by atoms with Crippen molar-refractivity contribution in [2.45, 2.75) is 38.3 Å². The van der Waals surface area contributed by atoms with Crippen LogP contribution in [0.4, 0.5) is 24.8 Å². The lowest BCUT2D eigenvalue weighted by Crippen LogP contribution is -2.31. The summed E-state index contributed by atoms with van der Waals surface area (Å²) in [4.78, 5) is 19.4. The minimum Gasteiger partial charge on any atom is -0.342 e. The number of benzene rings is 2. The van der Waals surface area contributed by atoms with Crippen molar-refractivity contribution in [1.29, 1.82) is 0 Å². The maximum Gasteiger partial charge on any atom is 0.416 e. The fourth-order valence-corrected chi connectivity index (χ4v) is 3.97. The molecular formula is C23H25F3N4O. The highest BCUT2D eigenvalue weighted by molar-refractivity contribution is 5.93. The Morgan fingerprint density at radius 2 is 1.77 bits per heavy atom. The zero-order valence-corrected chi connectivity index (χ0v) is 17.4. The minimum absolute atomic E-state index is 0.183. The quantitative estimate of drug-likeness (QED) is 0.609. The number of fused-ring (bicyclic) bond motifs is 1. The van der Waals surface area contributed by atoms with Gasteiger partial charge in [0.05, 0.1) is 16.6 Å². The number of carbonyl (C=O) groups excluding carboxylic acids is 1. The normalized spacial score (nSPS) is 14.8. The number of carbonyl (C=O) groups is 1. The van der Waals surface area contributed by atoms with Crippen LogP contribution in [0.2, 0.25) is 0 Å². The number of nitrogens with zero attached hydrogens (tertiary/aromatic N) is 3. The first-order chi connectivity index (χ1) is 14.8. The average Bonchev–Trinajstić information content (AvgIpc) is 3.09. The van der Waals surface area contributed by atoms with Gasteiger partial charge in [0.2, 0.25) is 11.9 Å². The van der Waals surface area contributed by atoms with Crippen molar-refractivity contribution in [3.05, 3.63) is 53.6 Å². The molecule has 0 unspecified atom stereocenters. The number of amides is 1. The van der Waals surface area contributed by atoms with Crippen LogP contribution < -0.4 is 10.2 Å². The van der Waals surface area contributed by atoms with E-state index in [1.165, 1.54) is 31.4 Å². The van der Waals surface area contributed by atoms with Gasteiger partial charge in [-0.1, -0.05) is 12.1 Å². The van der Waals surface area contributed by atoms with Gasteiger partial charge in [-0.3, -0.25) is 4.79 Å². The lowest BCUT2D eigenvalue weighted by atomic mass is 10.1. The van der Waals surface area contributed by atoms with Gasteiger partial charge in [0, 0.05) is 32.2 Å². The Balaban J connectivity index is 1.40. The van der Waals surface area contributed by atoms with Crippen molar-refractivity contribution in [2.24, 2.45) is 7.05 Å². The first kappa shape index (κ1) is 21.2. The summed E-state index contributed by atoms with van der Waals surface area (Å²) in [5.74, 6) is 0.762. The third kappa shape index (κ3) is 4.84. The van der Waals surface area contributed by atoms with Gasteiger partial charge in [0.25, 0.3) is 0 Å². The fraction of sp³-hybridized carbons (Fsp3) is 0.391. The van der Waals surface area contributed by atoms with E-state index in [2.05, 4.69) is 14.8 Å². The highest BCUT2D eigenvalue weighted by Crippen LogP contribution is 2.29. The minimum atomic E-state index is -4.35. The summed E-state index contributed by atoms with van der Waals surface area (Å²) >= 11 is 0. The molecular weight excluding hydrogens is 405 g/mol. The molecule has 164 valence electrons. The Labute approximate surface area is 178 Å². The summed E-state index contributed by atoms with van der Waals surface area (Å²) in [6.45, 7) is 2.01. The summed E-state index contributed by atoms with van der Waals surface area (Å²) in [5.41, 5.74) is 2.51. The predicted octanol–water partition coefficient (Wildman–Crippen LogP) is 5.15. The van der Waals surface area contributed by atoms with Crippen molar-refractivity contribution >= 4 is 28.6 Å². The zero-order chi connectivity index (χ0) is 22.0. The summed E-state index contributed by atoms with van der Waals surface area (Å²) in [6, 6.07) is 10.6. The molecule has 1 N–H and O–H groups in total. The molecule has 0 spiro atoms. The predicted molar refractivity (Wildman–Crippen MR) is 115 cm³/mol. The van der Waals surface area contributed by atoms with E-state index in [0.717, 1.165) is 42.2 Å². The molecule has 0 atom stereocenters. The number of hydrogen-bond acceptors (Lipinski definition) is 3. The van der Waals surface area contributed by atoms with Gasteiger partial charge in [-0.25, -0.2) is 4.98 Å². The van der Waals surface area contributed by atoms with Crippen molar-refractivity contribution in [2.75, 3.05) is 23.3 Å². The van der Waals surface area contributed by atoms with Gasteiger partial charge in [-0.2, -0.15) is 13.2 Å². The topological polar surface area (TPSA) is 50.2 Å². The van der Waals surface area contributed by atoms with Crippen molar-refractivity contribution in [3.8, 4) is 0 Å². The second-order valence-electron chi connectivity index (χ2n) is 7.96. The van der Waals surface area contributed by atoms with E-state index in [1.54, 1.807) is 0 Å². The number of anilines is 2. The maximum atomic E-state index is 12.6. The average molecular weight is 430 g/mol. The maximum absolute atomic E-state index is 12.6. The Morgan fingerprint density at radius 3 is 2.45 bits per heavy atom. The van der Waals surface area contributed by atoms with Gasteiger partial charge in [0.1, 0.15) is 0 Å². The molecule has 0 bridgehead atoms. The fourth-order valence-electron chi connectivity index (χ4n) is 3.97. The van der Waals surface area contributed by atoms with Crippen LogP contribution >= 0.6 is 0 Å². The van der Waals surface area contributed by atoms with Crippen LogP contribution in [0.25, 0.3) is 11.0 Å². The van der Waals surface area contributed by atoms with Gasteiger partial charge in [0.15, 0.2) is 0 Å². The van der Waals surface area contributed by atoms with E-state index < -0.39 is 11.7 Å². The molecule has 1 aliphatic rings. The molecule has 1 saturated heterocycles. The number of halogens is 3. The van der Waals surface area contributed by atoms with Gasteiger partial charge >= 0.3 is 6.18 Å². The third-order valence-corrected chi connectivity index (χ3v) is 5.70. The molecule has 0 saturated carbocycles. The van der Waals surface area contributed by atoms with Crippen molar-refractivity contribution in [3.63, 3.8) is 0 Å². The van der Waals surface area contributed by atoms with E-state index in [0.29, 0.717) is 17.7 Å². The molecule has 0 radical (unpaired) electrons. The van der Waals surface area contributed by atoms with Crippen LogP contribution in [-0.4, -0.2) is 28.5 Å². The Morgan fingerprint density at radius 1 is 1.06 bits per heavy atom. The number of hydrogen-bond donors (Lipinski definition) is 1. The first-order valence-corrected chi connectivity index (χ1v) is 10.5. The van der Waals surface area contributed by atoms with Gasteiger partial charge in [-0.15, -0.1) is 0 Å². The van der Waals surface area contributed by atoms with E-state index in [1.807, 2.05) is 25.2 Å². The largest absolute Gasteiger partial charge is 0.416 e. The molecule has 0 aliphatic carbocycles. The summed E-state index contributed by atoms with van der Waals surface area (Å²) in [6.07, 6.45) is -0.199.